The molecule has 17 nitrogen and oxygen atoms in total. The van der Waals surface area contributed by atoms with Gasteiger partial charge in [-0.1, -0.05) is 287 Å². The van der Waals surface area contributed by atoms with Gasteiger partial charge in [-0.25, -0.2) is 9.13 Å². The molecule has 0 aliphatic heterocycles. The number of carbonyl (C=O) groups excluding carboxylic acids is 4. The third kappa shape index (κ3) is 61.6. The predicted molar refractivity (Wildman–Crippen MR) is 354 cm³/mol. The third-order valence-electron chi connectivity index (χ3n) is 16.2. The van der Waals surface area contributed by atoms with Crippen LogP contribution in [-0.4, -0.2) is 96.7 Å². The molecule has 3 unspecified atom stereocenters. The average Bonchev–Trinajstić information content (AvgIpc) is 3.57. The van der Waals surface area contributed by atoms with Crippen LogP contribution in [0.3, 0.4) is 0 Å². The Labute approximate surface area is 537 Å². The van der Waals surface area contributed by atoms with Crippen LogP contribution in [0.5, 0.6) is 0 Å². The van der Waals surface area contributed by atoms with E-state index in [4.69, 9.17) is 37.0 Å². The molecule has 522 valence electrons. The molecular formula is C69H134O17P2. The molecule has 0 aliphatic rings. The first-order chi connectivity index (χ1) is 42.1. The van der Waals surface area contributed by atoms with Crippen molar-refractivity contribution in [2.45, 2.75) is 356 Å². The summed E-state index contributed by atoms with van der Waals surface area (Å²) in [6.07, 6.45) is 40.5. The summed E-state index contributed by atoms with van der Waals surface area (Å²) in [6, 6.07) is 0. The normalized spacial score (nSPS) is 14.6. The number of carbonyl (C=O) groups is 4. The lowest BCUT2D eigenvalue weighted by molar-refractivity contribution is -0.161. The van der Waals surface area contributed by atoms with Gasteiger partial charge in [-0.05, 0) is 49.4 Å². The van der Waals surface area contributed by atoms with Crippen LogP contribution in [0.15, 0.2) is 0 Å². The molecule has 0 heterocycles. The number of unbranched alkanes of at least 4 members (excludes halogenated alkanes) is 31. The van der Waals surface area contributed by atoms with Gasteiger partial charge in [-0.2, -0.15) is 0 Å². The lowest BCUT2D eigenvalue weighted by Gasteiger charge is -2.21. The number of phosphoric ester groups is 2. The van der Waals surface area contributed by atoms with Crippen LogP contribution in [0.2, 0.25) is 0 Å². The Kier molecular flexibility index (Phi) is 57.6. The van der Waals surface area contributed by atoms with E-state index in [0.717, 1.165) is 115 Å². The van der Waals surface area contributed by atoms with Crippen LogP contribution < -0.4 is 0 Å². The third-order valence-corrected chi connectivity index (χ3v) is 18.1. The van der Waals surface area contributed by atoms with Crippen molar-refractivity contribution in [1.82, 2.24) is 0 Å². The topological polar surface area (TPSA) is 237 Å². The fourth-order valence-corrected chi connectivity index (χ4v) is 11.9. The largest absolute Gasteiger partial charge is 0.472 e. The highest BCUT2D eigenvalue weighted by atomic mass is 31.2. The highest BCUT2D eigenvalue weighted by Gasteiger charge is 2.30. The number of hydrogen-bond acceptors (Lipinski definition) is 15. The molecule has 0 fully saturated rings. The summed E-state index contributed by atoms with van der Waals surface area (Å²) in [5.74, 6) is 0.814. The van der Waals surface area contributed by atoms with Gasteiger partial charge in [0.15, 0.2) is 12.2 Å². The van der Waals surface area contributed by atoms with Crippen molar-refractivity contribution in [3.63, 3.8) is 0 Å². The second-order valence-corrected chi connectivity index (χ2v) is 29.5. The molecule has 6 atom stereocenters. The minimum Gasteiger partial charge on any atom is -0.462 e. The molecule has 0 bridgehead atoms. The number of aliphatic hydroxyl groups excluding tert-OH is 1. The van der Waals surface area contributed by atoms with Crippen LogP contribution in [0.25, 0.3) is 0 Å². The zero-order valence-corrected chi connectivity index (χ0v) is 59.1. The number of rotatable bonds is 66. The molecule has 0 aromatic heterocycles. The minimum absolute atomic E-state index is 0.103. The van der Waals surface area contributed by atoms with Gasteiger partial charge in [-0.3, -0.25) is 37.3 Å². The molecule has 0 amide bonds. The lowest BCUT2D eigenvalue weighted by atomic mass is 9.99. The van der Waals surface area contributed by atoms with Gasteiger partial charge in [0, 0.05) is 25.7 Å². The quantitative estimate of drug-likeness (QED) is 0.0222. The molecule has 0 aliphatic carbocycles. The summed E-state index contributed by atoms with van der Waals surface area (Å²) in [5, 5.41) is 10.6. The molecule has 0 spiro atoms. The summed E-state index contributed by atoms with van der Waals surface area (Å²) in [4.78, 5) is 72.4. The second-order valence-electron chi connectivity index (χ2n) is 26.6. The van der Waals surface area contributed by atoms with Crippen LogP contribution >= 0.6 is 15.6 Å². The van der Waals surface area contributed by atoms with E-state index < -0.39 is 97.5 Å². The summed E-state index contributed by atoms with van der Waals surface area (Å²) in [7, 11) is -9.90. The van der Waals surface area contributed by atoms with Gasteiger partial charge in [0.2, 0.25) is 0 Å². The summed E-state index contributed by atoms with van der Waals surface area (Å²) < 4.78 is 68.2. The van der Waals surface area contributed by atoms with Gasteiger partial charge < -0.3 is 33.8 Å². The fraction of sp³-hybridized carbons (Fsp3) is 0.942. The number of esters is 4. The maximum absolute atomic E-state index is 13.0. The van der Waals surface area contributed by atoms with Crippen LogP contribution in [0.1, 0.15) is 338 Å². The zero-order valence-electron chi connectivity index (χ0n) is 57.3. The van der Waals surface area contributed by atoms with Gasteiger partial charge in [0.05, 0.1) is 26.4 Å². The standard InChI is InChI=1S/C69H134O17P2/c1-9-62(8)48-40-32-23-18-19-25-36-44-52-69(74)86-65(56-80-67(72)50-42-34-28-27-31-39-47-61(6)7)58-84-88(77,78)82-54-63(70)53-81-87(75,76)83-57-64(55-79-66(71)49-41-33-26-20-22-30-38-46-60(4)5)85-68(73)51-43-35-24-17-15-13-11-10-12-14-16-21-29-37-45-59(2)3/h59-65,70H,9-58H2,1-8H3,(H,75,76)(H,77,78)/t62?,63-,64-,65-/m1/s1. The minimum atomic E-state index is -4.95. The number of hydrogen-bond donors (Lipinski definition) is 3. The lowest BCUT2D eigenvalue weighted by Crippen LogP contribution is -2.30. The molecule has 0 saturated heterocycles. The number of aliphatic hydroxyl groups is 1. The molecule has 0 aromatic carbocycles. The van der Waals surface area contributed by atoms with E-state index in [0.29, 0.717) is 37.5 Å². The monoisotopic (exact) mass is 1300 g/mol. The van der Waals surface area contributed by atoms with Crippen molar-refractivity contribution in [2.75, 3.05) is 39.6 Å². The fourth-order valence-electron chi connectivity index (χ4n) is 10.3. The Hall–Kier alpha value is -1.94. The molecule has 88 heavy (non-hydrogen) atoms. The smallest absolute Gasteiger partial charge is 0.462 e. The van der Waals surface area contributed by atoms with Crippen LogP contribution in [0, 0.1) is 23.7 Å². The molecular weight excluding hydrogens is 1160 g/mol. The predicted octanol–water partition coefficient (Wildman–Crippen LogP) is 19.3. The Morgan fingerprint density at radius 2 is 0.545 bits per heavy atom. The van der Waals surface area contributed by atoms with Crippen molar-refractivity contribution < 1.29 is 80.2 Å². The summed E-state index contributed by atoms with van der Waals surface area (Å²) in [5.41, 5.74) is 0. The molecule has 3 N–H and O–H groups in total. The second kappa shape index (κ2) is 58.8. The van der Waals surface area contributed by atoms with E-state index >= 15 is 0 Å². The molecule has 0 aromatic rings. The Balaban J connectivity index is 5.23. The van der Waals surface area contributed by atoms with E-state index in [1.54, 1.807) is 0 Å². The highest BCUT2D eigenvalue weighted by Crippen LogP contribution is 2.45. The average molecular weight is 1300 g/mol. The summed E-state index contributed by atoms with van der Waals surface area (Å²) >= 11 is 0. The van der Waals surface area contributed by atoms with E-state index in [2.05, 4.69) is 55.4 Å². The van der Waals surface area contributed by atoms with Crippen molar-refractivity contribution >= 4 is 39.5 Å². The van der Waals surface area contributed by atoms with Gasteiger partial charge in [0.1, 0.15) is 19.3 Å². The highest BCUT2D eigenvalue weighted by molar-refractivity contribution is 7.47. The molecule has 0 rings (SSSR count). The first kappa shape index (κ1) is 86.1. The van der Waals surface area contributed by atoms with Crippen LogP contribution in [0.4, 0.5) is 0 Å². The molecule has 0 radical (unpaired) electrons. The van der Waals surface area contributed by atoms with E-state index in [1.165, 1.54) is 128 Å². The zero-order chi connectivity index (χ0) is 65.4. The van der Waals surface area contributed by atoms with E-state index in [9.17, 15) is 43.2 Å². The molecule has 0 saturated carbocycles. The van der Waals surface area contributed by atoms with Crippen molar-refractivity contribution in [2.24, 2.45) is 23.7 Å². The first-order valence-electron chi connectivity index (χ1n) is 35.7. The molecule has 19 heteroatoms. The van der Waals surface area contributed by atoms with Gasteiger partial charge >= 0.3 is 39.5 Å². The van der Waals surface area contributed by atoms with Crippen molar-refractivity contribution in [3.8, 4) is 0 Å². The maximum atomic E-state index is 13.0. The Morgan fingerprint density at radius 1 is 0.318 bits per heavy atom. The van der Waals surface area contributed by atoms with Crippen molar-refractivity contribution in [1.29, 1.82) is 0 Å². The van der Waals surface area contributed by atoms with Gasteiger partial charge in [0.25, 0.3) is 0 Å². The van der Waals surface area contributed by atoms with Crippen molar-refractivity contribution in [3.05, 3.63) is 0 Å². The Bertz CT molecular complexity index is 1750. The van der Waals surface area contributed by atoms with Gasteiger partial charge in [-0.15, -0.1) is 0 Å². The first-order valence-corrected chi connectivity index (χ1v) is 38.7. The SMILES string of the molecule is CCC(C)CCCCCCCCCCC(=O)O[C@H](COC(=O)CCCCCCCCC(C)C)COP(=O)(O)OC[C@H](O)COP(=O)(O)OC[C@@H](COC(=O)CCCCCCCCCC(C)C)OC(=O)CCCCCCCCCCCCCCCCC(C)C. The number of ether oxygens (including phenoxy) is 4. The summed E-state index contributed by atoms with van der Waals surface area (Å²) in [6.45, 7) is 14.0. The maximum Gasteiger partial charge on any atom is 0.472 e. The van der Waals surface area contributed by atoms with Crippen LogP contribution in [-0.2, 0) is 65.4 Å². The van der Waals surface area contributed by atoms with E-state index in [-0.39, 0.29) is 25.7 Å². The Morgan fingerprint density at radius 3 is 0.807 bits per heavy atom. The number of phosphoric acid groups is 2. The van der Waals surface area contributed by atoms with E-state index in [1.807, 2.05) is 0 Å².